The molecule has 1 N–H and O–H groups in total. The number of nitrogens with zero attached hydrogens (tertiary/aromatic N) is 1. The van der Waals surface area contributed by atoms with Crippen LogP contribution in [0.15, 0.2) is 41.9 Å². The van der Waals surface area contributed by atoms with Gasteiger partial charge in [-0.25, -0.2) is 0 Å². The lowest BCUT2D eigenvalue weighted by Gasteiger charge is -2.07. The first-order chi connectivity index (χ1) is 10.3. The van der Waals surface area contributed by atoms with Gasteiger partial charge < -0.3 is 14.3 Å². The summed E-state index contributed by atoms with van der Waals surface area (Å²) in [6.45, 7) is 4.62. The lowest BCUT2D eigenvalue weighted by molar-refractivity contribution is -0.142. The molecular weight excluding hydrogens is 284 g/mol. The maximum atomic E-state index is 11.9. The molecule has 0 amide bonds. The van der Waals surface area contributed by atoms with E-state index < -0.39 is 0 Å². The summed E-state index contributed by atoms with van der Waals surface area (Å²) in [6, 6.07) is 6.18. The number of thioether (sulfide) groups is 1. The third-order valence-corrected chi connectivity index (χ3v) is 4.81. The summed E-state index contributed by atoms with van der Waals surface area (Å²) < 4.78 is 7.16. The van der Waals surface area contributed by atoms with Crippen molar-refractivity contribution in [3.8, 4) is 11.4 Å². The fourth-order valence-electron chi connectivity index (χ4n) is 2.87. The molecule has 3 rings (SSSR count). The van der Waals surface area contributed by atoms with E-state index in [0.29, 0.717) is 0 Å². The van der Waals surface area contributed by atoms with Gasteiger partial charge in [0.25, 0.3) is 0 Å². The molecule has 1 aliphatic heterocycles. The first-order valence-electron chi connectivity index (χ1n) is 6.95. The van der Waals surface area contributed by atoms with E-state index in [-0.39, 0.29) is 11.9 Å². The molecule has 0 aromatic carbocycles. The number of hydrogen-bond donors (Lipinski definition) is 1. The molecule has 1 unspecified atom stereocenters. The second kappa shape index (κ2) is 5.85. The first-order valence-corrected chi connectivity index (χ1v) is 7.93. The molecule has 0 fully saturated rings. The van der Waals surface area contributed by atoms with Gasteiger partial charge in [-0.1, -0.05) is 6.08 Å². The van der Waals surface area contributed by atoms with Gasteiger partial charge in [-0.2, -0.15) is 0 Å². The summed E-state index contributed by atoms with van der Waals surface area (Å²) in [6.07, 6.45) is 4.62. The van der Waals surface area contributed by atoms with E-state index in [0.717, 1.165) is 35.8 Å². The van der Waals surface area contributed by atoms with E-state index in [1.807, 2.05) is 18.3 Å². The number of hydrogen-bond acceptors (Lipinski definition) is 3. The quantitative estimate of drug-likeness (QED) is 0.523. The molecule has 5 heteroatoms. The molecule has 0 saturated heterocycles. The monoisotopic (exact) mass is 302 g/mol. The van der Waals surface area contributed by atoms with Crippen LogP contribution in [0.2, 0.25) is 0 Å². The van der Waals surface area contributed by atoms with Gasteiger partial charge in [0.1, 0.15) is 0 Å². The second-order valence-corrected chi connectivity index (χ2v) is 6.04. The summed E-state index contributed by atoms with van der Waals surface area (Å²) in [7, 11) is 1.45. The van der Waals surface area contributed by atoms with E-state index >= 15 is 0 Å². The Morgan fingerprint density at radius 1 is 1.67 bits per heavy atom. The Hall–Kier alpha value is -1.88. The highest BCUT2D eigenvalue weighted by molar-refractivity contribution is 7.99. The Morgan fingerprint density at radius 3 is 3.19 bits per heavy atom. The van der Waals surface area contributed by atoms with Gasteiger partial charge in [-0.05, 0) is 24.6 Å². The minimum absolute atomic E-state index is 0.149. The molecule has 0 radical (unpaired) electrons. The molecule has 110 valence electrons. The van der Waals surface area contributed by atoms with Crippen molar-refractivity contribution < 1.29 is 9.53 Å². The zero-order valence-corrected chi connectivity index (χ0v) is 12.8. The largest absolute Gasteiger partial charge is 0.469 e. The Morgan fingerprint density at radius 2 is 2.52 bits per heavy atom. The first kappa shape index (κ1) is 14.1. The van der Waals surface area contributed by atoms with Crippen molar-refractivity contribution in [1.29, 1.82) is 0 Å². The van der Waals surface area contributed by atoms with E-state index in [1.165, 1.54) is 12.0 Å². The van der Waals surface area contributed by atoms with Gasteiger partial charge in [0, 0.05) is 29.1 Å². The number of methoxy groups -OCH3 is 1. The molecule has 0 bridgehead atoms. The second-order valence-electron chi connectivity index (χ2n) is 4.98. The van der Waals surface area contributed by atoms with Gasteiger partial charge in [-0.15, -0.1) is 18.3 Å². The SMILES string of the molecule is C=CCSc1cc2n(c1-c1ccc[nH]1)CCC2C(=O)OC. The van der Waals surface area contributed by atoms with E-state index in [1.54, 1.807) is 11.8 Å². The van der Waals surface area contributed by atoms with Gasteiger partial charge in [-0.3, -0.25) is 4.79 Å². The van der Waals surface area contributed by atoms with Crippen LogP contribution >= 0.6 is 11.8 Å². The molecule has 0 saturated carbocycles. The van der Waals surface area contributed by atoms with Crippen LogP contribution in [-0.2, 0) is 16.1 Å². The Kier molecular flexibility index (Phi) is 3.92. The van der Waals surface area contributed by atoms with Gasteiger partial charge >= 0.3 is 5.97 Å². The molecular formula is C16H18N2O2S. The van der Waals surface area contributed by atoms with Crippen molar-refractivity contribution in [2.45, 2.75) is 23.8 Å². The normalized spacial score (nSPS) is 16.7. The Labute approximate surface area is 128 Å². The topological polar surface area (TPSA) is 47.0 Å². The minimum atomic E-state index is -0.151. The number of aromatic nitrogens is 2. The Bertz CT molecular complexity index is 658. The number of carbonyl (C=O) groups is 1. The molecule has 3 heterocycles. The van der Waals surface area contributed by atoms with Gasteiger partial charge in [0.05, 0.1) is 24.4 Å². The van der Waals surface area contributed by atoms with Crippen LogP contribution in [0.3, 0.4) is 0 Å². The summed E-state index contributed by atoms with van der Waals surface area (Å²) in [5, 5.41) is 0. The fraction of sp³-hybridized carbons (Fsp3) is 0.312. The third-order valence-electron chi connectivity index (χ3n) is 3.79. The molecule has 4 nitrogen and oxygen atoms in total. The standard InChI is InChI=1S/C16H18N2O2S/c1-3-9-21-14-10-13-11(16(19)20-2)6-8-18(13)15(14)12-5-4-7-17-12/h3-5,7,10-11,17H,1,6,8-9H2,2H3. The molecule has 0 aliphatic carbocycles. The minimum Gasteiger partial charge on any atom is -0.469 e. The molecule has 2 aromatic rings. The number of H-pyrrole nitrogens is 1. The maximum absolute atomic E-state index is 11.9. The Balaban J connectivity index is 2.06. The number of rotatable bonds is 5. The van der Waals surface area contributed by atoms with Crippen molar-refractivity contribution in [2.75, 3.05) is 12.9 Å². The highest BCUT2D eigenvalue weighted by Crippen LogP contribution is 2.41. The number of ether oxygens (including phenoxy) is 1. The van der Waals surface area contributed by atoms with E-state index in [2.05, 4.69) is 28.3 Å². The summed E-state index contributed by atoms with van der Waals surface area (Å²) in [5.74, 6) is 0.548. The summed E-state index contributed by atoms with van der Waals surface area (Å²) in [5.41, 5.74) is 3.30. The van der Waals surface area contributed by atoms with Crippen molar-refractivity contribution in [3.05, 3.63) is 42.7 Å². The predicted octanol–water partition coefficient (Wildman–Crippen LogP) is 3.42. The smallest absolute Gasteiger partial charge is 0.314 e. The van der Waals surface area contributed by atoms with Gasteiger partial charge in [0.2, 0.25) is 0 Å². The molecule has 1 atom stereocenters. The average Bonchev–Trinajstić information content (AvgIpc) is 3.19. The molecule has 0 spiro atoms. The van der Waals surface area contributed by atoms with Crippen molar-refractivity contribution >= 4 is 17.7 Å². The lowest BCUT2D eigenvalue weighted by atomic mass is 10.1. The predicted molar refractivity (Wildman–Crippen MR) is 84.5 cm³/mol. The zero-order chi connectivity index (χ0) is 14.8. The maximum Gasteiger partial charge on any atom is 0.314 e. The lowest BCUT2D eigenvalue weighted by Crippen LogP contribution is -2.11. The van der Waals surface area contributed by atoms with Crippen LogP contribution in [0.4, 0.5) is 0 Å². The van der Waals surface area contributed by atoms with Gasteiger partial charge in [0.15, 0.2) is 0 Å². The van der Waals surface area contributed by atoms with Crippen LogP contribution in [0.5, 0.6) is 0 Å². The van der Waals surface area contributed by atoms with Crippen LogP contribution in [-0.4, -0.2) is 28.4 Å². The summed E-state index contributed by atoms with van der Waals surface area (Å²) in [4.78, 5) is 16.4. The number of esters is 1. The third kappa shape index (κ3) is 2.42. The zero-order valence-electron chi connectivity index (χ0n) is 12.0. The van der Waals surface area contributed by atoms with Crippen LogP contribution in [0.25, 0.3) is 11.4 Å². The van der Waals surface area contributed by atoms with Crippen molar-refractivity contribution in [2.24, 2.45) is 0 Å². The number of aromatic amines is 1. The van der Waals surface area contributed by atoms with E-state index in [4.69, 9.17) is 4.74 Å². The average molecular weight is 302 g/mol. The van der Waals surface area contributed by atoms with Crippen molar-refractivity contribution in [1.82, 2.24) is 9.55 Å². The van der Waals surface area contributed by atoms with Crippen LogP contribution < -0.4 is 0 Å². The fourth-order valence-corrected chi connectivity index (χ4v) is 3.73. The molecule has 2 aromatic heterocycles. The number of nitrogens with one attached hydrogen (secondary N) is 1. The molecule has 21 heavy (non-hydrogen) atoms. The number of carbonyl (C=O) groups excluding carboxylic acids is 1. The van der Waals surface area contributed by atoms with Crippen LogP contribution in [0.1, 0.15) is 18.0 Å². The van der Waals surface area contributed by atoms with Crippen molar-refractivity contribution in [3.63, 3.8) is 0 Å². The van der Waals surface area contributed by atoms with E-state index in [9.17, 15) is 4.79 Å². The number of fused-ring (bicyclic) bond motifs is 1. The summed E-state index contributed by atoms with van der Waals surface area (Å²) >= 11 is 1.74. The highest BCUT2D eigenvalue weighted by Gasteiger charge is 2.33. The van der Waals surface area contributed by atoms with Crippen LogP contribution in [0, 0.1) is 0 Å². The molecule has 1 aliphatic rings. The highest BCUT2D eigenvalue weighted by atomic mass is 32.2.